The van der Waals surface area contributed by atoms with Gasteiger partial charge in [0.25, 0.3) is 0 Å². The van der Waals surface area contributed by atoms with Gasteiger partial charge >= 0.3 is 6.18 Å². The number of nitriles is 1. The standard InChI is InChI=1S/C13H10F3N5O/c1-22-8-3-6(2-7(4-8)13(14,15)16)10-9(5-17)11(18)21-12(19)20-10/h2-4H,1H3,(H4,18,19,20,21). The third kappa shape index (κ3) is 2.85. The molecule has 22 heavy (non-hydrogen) atoms. The molecule has 114 valence electrons. The number of nitrogens with two attached hydrogens (primary N) is 2. The number of ether oxygens (including phenoxy) is 1. The topological polar surface area (TPSA) is 111 Å². The second kappa shape index (κ2) is 5.40. The van der Waals surface area contributed by atoms with Crippen molar-refractivity contribution in [3.63, 3.8) is 0 Å². The minimum absolute atomic E-state index is 0.00373. The molecule has 0 bridgehead atoms. The van der Waals surface area contributed by atoms with E-state index in [1.165, 1.54) is 13.2 Å². The number of alkyl halides is 3. The van der Waals surface area contributed by atoms with Gasteiger partial charge < -0.3 is 16.2 Å². The average Bonchev–Trinajstić information content (AvgIpc) is 2.45. The van der Waals surface area contributed by atoms with Crippen LogP contribution in [0.15, 0.2) is 18.2 Å². The Kier molecular flexibility index (Phi) is 3.77. The molecule has 0 amide bonds. The number of halogens is 3. The van der Waals surface area contributed by atoms with E-state index in [1.807, 2.05) is 0 Å². The Labute approximate surface area is 123 Å². The summed E-state index contributed by atoms with van der Waals surface area (Å²) >= 11 is 0. The SMILES string of the molecule is COc1cc(-c2nc(N)nc(N)c2C#N)cc(C(F)(F)F)c1. The Balaban J connectivity index is 2.76. The van der Waals surface area contributed by atoms with Gasteiger partial charge in [0.2, 0.25) is 5.95 Å². The molecule has 0 atom stereocenters. The quantitative estimate of drug-likeness (QED) is 0.879. The van der Waals surface area contributed by atoms with E-state index in [1.54, 1.807) is 6.07 Å². The van der Waals surface area contributed by atoms with Gasteiger partial charge in [-0.15, -0.1) is 0 Å². The molecule has 0 radical (unpaired) electrons. The lowest BCUT2D eigenvalue weighted by atomic mass is 10.0. The summed E-state index contributed by atoms with van der Waals surface area (Å²) in [4.78, 5) is 7.43. The van der Waals surface area contributed by atoms with E-state index in [-0.39, 0.29) is 34.3 Å². The van der Waals surface area contributed by atoms with E-state index >= 15 is 0 Å². The maximum Gasteiger partial charge on any atom is 0.416 e. The van der Waals surface area contributed by atoms with Gasteiger partial charge in [0, 0.05) is 5.56 Å². The Morgan fingerprint density at radius 1 is 1.18 bits per heavy atom. The van der Waals surface area contributed by atoms with E-state index in [0.717, 1.165) is 12.1 Å². The molecule has 1 aromatic carbocycles. The fourth-order valence-electron chi connectivity index (χ4n) is 1.83. The van der Waals surface area contributed by atoms with Crippen LogP contribution in [0.5, 0.6) is 5.75 Å². The minimum atomic E-state index is -4.58. The number of rotatable bonds is 2. The van der Waals surface area contributed by atoms with Crippen LogP contribution >= 0.6 is 0 Å². The van der Waals surface area contributed by atoms with Gasteiger partial charge in [-0.2, -0.15) is 23.4 Å². The maximum atomic E-state index is 12.9. The van der Waals surface area contributed by atoms with Gasteiger partial charge in [-0.3, -0.25) is 0 Å². The van der Waals surface area contributed by atoms with E-state index in [2.05, 4.69) is 9.97 Å². The van der Waals surface area contributed by atoms with Crippen molar-refractivity contribution in [3.05, 3.63) is 29.3 Å². The molecule has 0 saturated carbocycles. The molecule has 0 fully saturated rings. The van der Waals surface area contributed by atoms with Gasteiger partial charge in [0.15, 0.2) is 0 Å². The zero-order valence-electron chi connectivity index (χ0n) is 11.3. The van der Waals surface area contributed by atoms with E-state index in [0.29, 0.717) is 0 Å². The van der Waals surface area contributed by atoms with Gasteiger partial charge in [-0.25, -0.2) is 4.98 Å². The largest absolute Gasteiger partial charge is 0.497 e. The lowest BCUT2D eigenvalue weighted by molar-refractivity contribution is -0.137. The van der Waals surface area contributed by atoms with Crippen molar-refractivity contribution in [1.29, 1.82) is 5.26 Å². The van der Waals surface area contributed by atoms with E-state index in [4.69, 9.17) is 21.5 Å². The normalized spacial score (nSPS) is 11.0. The fraction of sp³-hybridized carbons (Fsp3) is 0.154. The lowest BCUT2D eigenvalue weighted by Gasteiger charge is -2.12. The highest BCUT2D eigenvalue weighted by Gasteiger charge is 2.32. The van der Waals surface area contributed by atoms with Crippen LogP contribution in [-0.2, 0) is 6.18 Å². The zero-order chi connectivity index (χ0) is 16.5. The summed E-state index contributed by atoms with van der Waals surface area (Å²) in [5.41, 5.74) is 9.82. The molecule has 1 aromatic heterocycles. The second-order valence-electron chi connectivity index (χ2n) is 4.25. The Morgan fingerprint density at radius 2 is 1.86 bits per heavy atom. The van der Waals surface area contributed by atoms with Crippen molar-refractivity contribution in [3.8, 4) is 23.1 Å². The van der Waals surface area contributed by atoms with Crippen LogP contribution in [-0.4, -0.2) is 17.1 Å². The minimum Gasteiger partial charge on any atom is -0.497 e. The summed E-state index contributed by atoms with van der Waals surface area (Å²) in [6, 6.07) is 4.74. The molecular formula is C13H10F3N5O. The third-order valence-corrected chi connectivity index (χ3v) is 2.81. The van der Waals surface area contributed by atoms with E-state index in [9.17, 15) is 13.2 Å². The Hall–Kier alpha value is -3.02. The summed E-state index contributed by atoms with van der Waals surface area (Å²) in [6.07, 6.45) is -4.58. The third-order valence-electron chi connectivity index (χ3n) is 2.81. The number of aromatic nitrogens is 2. The summed E-state index contributed by atoms with van der Waals surface area (Å²) in [6.45, 7) is 0. The molecule has 0 saturated heterocycles. The van der Waals surface area contributed by atoms with Crippen molar-refractivity contribution in [2.45, 2.75) is 6.18 Å². The van der Waals surface area contributed by atoms with Crippen molar-refractivity contribution in [1.82, 2.24) is 9.97 Å². The molecule has 9 heteroatoms. The number of methoxy groups -OCH3 is 1. The fourth-order valence-corrected chi connectivity index (χ4v) is 1.83. The van der Waals surface area contributed by atoms with Crippen LogP contribution in [0.3, 0.4) is 0 Å². The van der Waals surface area contributed by atoms with Crippen molar-refractivity contribution >= 4 is 11.8 Å². The molecule has 0 spiro atoms. The Bertz CT molecular complexity index is 767. The zero-order valence-corrected chi connectivity index (χ0v) is 11.3. The summed E-state index contributed by atoms with van der Waals surface area (Å²) in [7, 11) is 1.23. The molecule has 2 rings (SSSR count). The highest BCUT2D eigenvalue weighted by molar-refractivity contribution is 5.74. The molecule has 0 aliphatic heterocycles. The van der Waals surface area contributed by atoms with Crippen molar-refractivity contribution < 1.29 is 17.9 Å². The molecule has 1 heterocycles. The Morgan fingerprint density at radius 3 is 2.41 bits per heavy atom. The predicted molar refractivity (Wildman–Crippen MR) is 72.6 cm³/mol. The summed E-state index contributed by atoms with van der Waals surface area (Å²) in [5.74, 6) is -0.492. The van der Waals surface area contributed by atoms with Crippen LogP contribution in [0.1, 0.15) is 11.1 Å². The monoisotopic (exact) mass is 309 g/mol. The molecule has 6 nitrogen and oxygen atoms in total. The number of anilines is 2. The molecule has 0 aliphatic rings. The number of nitrogen functional groups attached to an aromatic ring is 2. The van der Waals surface area contributed by atoms with E-state index < -0.39 is 11.7 Å². The van der Waals surface area contributed by atoms with Crippen LogP contribution in [0.4, 0.5) is 24.9 Å². The highest BCUT2D eigenvalue weighted by Crippen LogP contribution is 2.36. The van der Waals surface area contributed by atoms with Gasteiger partial charge in [-0.05, 0) is 18.2 Å². The van der Waals surface area contributed by atoms with Crippen molar-refractivity contribution in [2.75, 3.05) is 18.6 Å². The molecule has 0 unspecified atom stereocenters. The van der Waals surface area contributed by atoms with Crippen LogP contribution in [0.2, 0.25) is 0 Å². The second-order valence-corrected chi connectivity index (χ2v) is 4.25. The number of hydrogen-bond acceptors (Lipinski definition) is 6. The summed E-state index contributed by atoms with van der Waals surface area (Å²) in [5, 5.41) is 9.10. The molecule has 0 aliphatic carbocycles. The first-order valence-corrected chi connectivity index (χ1v) is 5.86. The van der Waals surface area contributed by atoms with Gasteiger partial charge in [0.05, 0.1) is 18.4 Å². The number of hydrogen-bond donors (Lipinski definition) is 2. The average molecular weight is 309 g/mol. The summed E-state index contributed by atoms with van der Waals surface area (Å²) < 4.78 is 43.7. The number of benzene rings is 1. The lowest BCUT2D eigenvalue weighted by Crippen LogP contribution is -2.08. The molecule has 2 aromatic rings. The van der Waals surface area contributed by atoms with Gasteiger partial charge in [-0.1, -0.05) is 0 Å². The van der Waals surface area contributed by atoms with Crippen LogP contribution in [0.25, 0.3) is 11.3 Å². The first-order chi connectivity index (χ1) is 10.3. The number of nitrogens with zero attached hydrogens (tertiary/aromatic N) is 3. The smallest absolute Gasteiger partial charge is 0.416 e. The molecular weight excluding hydrogens is 299 g/mol. The highest BCUT2D eigenvalue weighted by atomic mass is 19.4. The van der Waals surface area contributed by atoms with Crippen molar-refractivity contribution in [2.24, 2.45) is 0 Å². The first kappa shape index (κ1) is 15.4. The maximum absolute atomic E-state index is 12.9. The predicted octanol–water partition coefficient (Wildman–Crippen LogP) is 2.21. The van der Waals surface area contributed by atoms with Gasteiger partial charge in [0.1, 0.15) is 23.2 Å². The van der Waals surface area contributed by atoms with Crippen LogP contribution < -0.4 is 16.2 Å². The first-order valence-electron chi connectivity index (χ1n) is 5.86. The van der Waals surface area contributed by atoms with Crippen LogP contribution in [0, 0.1) is 11.3 Å². The molecule has 4 N–H and O–H groups in total.